The van der Waals surface area contributed by atoms with Crippen molar-refractivity contribution in [2.24, 2.45) is 0 Å². The fourth-order valence-corrected chi connectivity index (χ4v) is 2.21. The molecular formula is C13H12Cl2N3O3+. The average molecular weight is 329 g/mol. The Kier molecular flexibility index (Phi) is 4.59. The number of carboxylic acids is 1. The van der Waals surface area contributed by atoms with E-state index in [9.17, 15) is 9.59 Å². The highest BCUT2D eigenvalue weighted by molar-refractivity contribution is 6.36. The summed E-state index contributed by atoms with van der Waals surface area (Å²) in [6, 6.07) is 3.86. The summed E-state index contributed by atoms with van der Waals surface area (Å²) in [5.74, 6) is -1.22. The van der Waals surface area contributed by atoms with E-state index in [-0.39, 0.29) is 17.4 Å². The van der Waals surface area contributed by atoms with Gasteiger partial charge >= 0.3 is 5.97 Å². The molecule has 1 aromatic carbocycles. The number of ketones is 1. The highest BCUT2D eigenvalue weighted by Crippen LogP contribution is 2.21. The third-order valence-electron chi connectivity index (χ3n) is 2.94. The first-order valence-electron chi connectivity index (χ1n) is 6.02. The molecule has 6 nitrogen and oxygen atoms in total. The first-order valence-corrected chi connectivity index (χ1v) is 6.78. The normalized spacial score (nSPS) is 12.1. The van der Waals surface area contributed by atoms with E-state index in [1.54, 1.807) is 12.1 Å². The SMILES string of the molecule is C[C@H](C(=O)O)[n+]1cnn(CC(=O)c2ccc(Cl)cc2Cl)c1. The molecule has 0 aliphatic heterocycles. The van der Waals surface area contributed by atoms with Crippen LogP contribution in [0.2, 0.25) is 10.0 Å². The first-order chi connectivity index (χ1) is 9.88. The van der Waals surface area contributed by atoms with Gasteiger partial charge in [0.2, 0.25) is 12.1 Å². The van der Waals surface area contributed by atoms with E-state index >= 15 is 0 Å². The monoisotopic (exact) mass is 328 g/mol. The van der Waals surface area contributed by atoms with Crippen molar-refractivity contribution < 1.29 is 19.3 Å². The van der Waals surface area contributed by atoms with Crippen LogP contribution in [0.25, 0.3) is 0 Å². The summed E-state index contributed by atoms with van der Waals surface area (Å²) in [5.41, 5.74) is 0.342. The molecule has 2 rings (SSSR count). The largest absolute Gasteiger partial charge is 0.479 e. The Morgan fingerprint density at radius 1 is 1.43 bits per heavy atom. The second-order valence-electron chi connectivity index (χ2n) is 4.45. The highest BCUT2D eigenvalue weighted by Gasteiger charge is 2.21. The lowest BCUT2D eigenvalue weighted by atomic mass is 10.1. The van der Waals surface area contributed by atoms with Crippen molar-refractivity contribution in [2.45, 2.75) is 19.5 Å². The van der Waals surface area contributed by atoms with Gasteiger partial charge in [-0.3, -0.25) is 4.79 Å². The molecular weight excluding hydrogens is 317 g/mol. The Bertz CT molecular complexity index is 700. The lowest BCUT2D eigenvalue weighted by Gasteiger charge is -2.02. The zero-order valence-corrected chi connectivity index (χ0v) is 12.5. The minimum Gasteiger partial charge on any atom is -0.479 e. The lowest BCUT2D eigenvalue weighted by molar-refractivity contribution is -0.708. The van der Waals surface area contributed by atoms with Gasteiger partial charge in [-0.15, -0.1) is 4.68 Å². The molecule has 0 spiro atoms. The van der Waals surface area contributed by atoms with Gasteiger partial charge in [0, 0.05) is 15.7 Å². The molecule has 0 aliphatic carbocycles. The van der Waals surface area contributed by atoms with Gasteiger partial charge in [0.05, 0.1) is 5.02 Å². The molecule has 21 heavy (non-hydrogen) atoms. The number of carbonyl (C=O) groups excluding carboxylic acids is 1. The quantitative estimate of drug-likeness (QED) is 0.672. The summed E-state index contributed by atoms with van der Waals surface area (Å²) < 4.78 is 2.76. The maximum absolute atomic E-state index is 12.1. The molecule has 0 fully saturated rings. The highest BCUT2D eigenvalue weighted by atomic mass is 35.5. The van der Waals surface area contributed by atoms with E-state index in [1.165, 1.54) is 34.9 Å². The molecule has 2 aromatic rings. The Balaban J connectivity index is 2.15. The second-order valence-corrected chi connectivity index (χ2v) is 5.30. The van der Waals surface area contributed by atoms with Crippen molar-refractivity contribution in [3.05, 3.63) is 46.5 Å². The molecule has 0 unspecified atom stereocenters. The molecule has 1 aromatic heterocycles. The summed E-state index contributed by atoms with van der Waals surface area (Å²) in [5, 5.41) is 13.6. The molecule has 1 N–H and O–H groups in total. The van der Waals surface area contributed by atoms with Gasteiger partial charge in [-0.2, -0.15) is 0 Å². The van der Waals surface area contributed by atoms with E-state index in [2.05, 4.69) is 5.10 Å². The van der Waals surface area contributed by atoms with Gasteiger partial charge in [-0.05, 0) is 25.1 Å². The summed E-state index contributed by atoms with van der Waals surface area (Å²) in [7, 11) is 0. The van der Waals surface area contributed by atoms with Crippen LogP contribution < -0.4 is 4.57 Å². The molecule has 0 bridgehead atoms. The van der Waals surface area contributed by atoms with Crippen LogP contribution in [0.3, 0.4) is 0 Å². The van der Waals surface area contributed by atoms with Gasteiger partial charge in [0.15, 0.2) is 12.6 Å². The summed E-state index contributed by atoms with van der Waals surface area (Å²) in [6.07, 6.45) is 2.82. The van der Waals surface area contributed by atoms with E-state index in [4.69, 9.17) is 28.3 Å². The average Bonchev–Trinajstić information content (AvgIpc) is 2.85. The van der Waals surface area contributed by atoms with Crippen LogP contribution in [-0.4, -0.2) is 26.6 Å². The van der Waals surface area contributed by atoms with Gasteiger partial charge in [-0.1, -0.05) is 23.2 Å². The van der Waals surface area contributed by atoms with Crippen LogP contribution in [0.4, 0.5) is 0 Å². The van der Waals surface area contributed by atoms with Crippen molar-refractivity contribution in [2.75, 3.05) is 0 Å². The van der Waals surface area contributed by atoms with E-state index in [1.807, 2.05) is 0 Å². The second kappa shape index (κ2) is 6.24. The molecule has 1 heterocycles. The van der Waals surface area contributed by atoms with Crippen LogP contribution >= 0.6 is 23.2 Å². The van der Waals surface area contributed by atoms with Crippen LogP contribution in [-0.2, 0) is 11.3 Å². The Morgan fingerprint density at radius 2 is 2.14 bits per heavy atom. The molecule has 8 heteroatoms. The third kappa shape index (κ3) is 3.59. The number of halogens is 2. The van der Waals surface area contributed by atoms with Crippen LogP contribution in [0.1, 0.15) is 23.3 Å². The number of aliphatic carboxylic acids is 1. The van der Waals surface area contributed by atoms with Crippen molar-refractivity contribution >= 4 is 35.0 Å². The predicted molar refractivity (Wildman–Crippen MR) is 75.6 cm³/mol. The van der Waals surface area contributed by atoms with Gasteiger partial charge in [-0.25, -0.2) is 9.36 Å². The lowest BCUT2D eigenvalue weighted by Crippen LogP contribution is -2.40. The van der Waals surface area contributed by atoms with Gasteiger partial charge < -0.3 is 5.11 Å². The summed E-state index contributed by atoms with van der Waals surface area (Å²) >= 11 is 11.7. The topological polar surface area (TPSA) is 76.1 Å². The van der Waals surface area contributed by atoms with Gasteiger partial charge in [0.25, 0.3) is 6.33 Å². The third-order valence-corrected chi connectivity index (χ3v) is 3.49. The Hall–Kier alpha value is -1.92. The van der Waals surface area contributed by atoms with Gasteiger partial charge in [0.1, 0.15) is 0 Å². The van der Waals surface area contributed by atoms with Crippen LogP contribution in [0.15, 0.2) is 30.9 Å². The van der Waals surface area contributed by atoms with Crippen molar-refractivity contribution in [1.29, 1.82) is 0 Å². The number of carboxylic acid groups (broad SMARTS) is 1. The summed E-state index contributed by atoms with van der Waals surface area (Å²) in [6.45, 7) is 1.48. The molecule has 110 valence electrons. The maximum atomic E-state index is 12.1. The molecule has 0 saturated carbocycles. The smallest absolute Gasteiger partial charge is 0.341 e. The Morgan fingerprint density at radius 3 is 2.76 bits per heavy atom. The Labute approximate surface area is 130 Å². The maximum Gasteiger partial charge on any atom is 0.341 e. The molecule has 0 radical (unpaired) electrons. The minimum absolute atomic E-state index is 0.0410. The minimum atomic E-state index is -0.980. The number of carbonyl (C=O) groups is 2. The number of rotatable bonds is 5. The number of Topliss-reactive ketones (excluding diaryl/α,β-unsaturated/α-hetero) is 1. The fraction of sp³-hybridized carbons (Fsp3) is 0.231. The zero-order valence-electron chi connectivity index (χ0n) is 11.0. The molecule has 0 amide bonds. The van der Waals surface area contributed by atoms with E-state index in [0.717, 1.165) is 0 Å². The standard InChI is InChI=1S/C13H11Cl2N3O3/c1-8(13(20)21)17-6-16-18(7-17)5-12(19)10-3-2-9(14)4-11(10)15/h2-4,6-8H,5H2,1H3/p+1/t8-/m1/s1. The fourth-order valence-electron chi connectivity index (χ4n) is 1.70. The van der Waals surface area contributed by atoms with Crippen LogP contribution in [0.5, 0.6) is 0 Å². The van der Waals surface area contributed by atoms with E-state index < -0.39 is 12.0 Å². The van der Waals surface area contributed by atoms with Crippen molar-refractivity contribution in [1.82, 2.24) is 9.78 Å². The molecule has 1 atom stereocenters. The van der Waals surface area contributed by atoms with E-state index in [0.29, 0.717) is 10.6 Å². The number of benzene rings is 1. The summed E-state index contributed by atoms with van der Waals surface area (Å²) in [4.78, 5) is 23.0. The van der Waals surface area contributed by atoms with Crippen molar-refractivity contribution in [3.63, 3.8) is 0 Å². The molecule has 0 aliphatic rings. The number of hydrogen-bond donors (Lipinski definition) is 1. The number of aromatic nitrogens is 3. The van der Waals surface area contributed by atoms with Crippen LogP contribution in [0, 0.1) is 0 Å². The molecule has 0 saturated heterocycles. The zero-order chi connectivity index (χ0) is 15.6. The van der Waals surface area contributed by atoms with Crippen molar-refractivity contribution in [3.8, 4) is 0 Å². The first kappa shape index (κ1) is 15.5. The number of nitrogens with zero attached hydrogens (tertiary/aromatic N) is 3. The predicted octanol–water partition coefficient (Wildman–Crippen LogP) is 2.01. The number of hydrogen-bond acceptors (Lipinski definition) is 3.